The summed E-state index contributed by atoms with van der Waals surface area (Å²) in [6.45, 7) is 5.99. The number of aliphatic hydroxyl groups is 1. The van der Waals surface area contributed by atoms with Crippen molar-refractivity contribution < 1.29 is 15.3 Å². The summed E-state index contributed by atoms with van der Waals surface area (Å²) in [6, 6.07) is 7.59. The van der Waals surface area contributed by atoms with Crippen molar-refractivity contribution in [1.29, 1.82) is 0 Å². The Hall–Kier alpha value is -1.66. The lowest BCUT2D eigenvalue weighted by Gasteiger charge is -2.50. The Morgan fingerprint density at radius 2 is 2.23 bits per heavy atom. The van der Waals surface area contributed by atoms with Gasteiger partial charge in [-0.1, -0.05) is 17.7 Å². The van der Waals surface area contributed by atoms with Crippen molar-refractivity contribution in [3.8, 4) is 5.75 Å². The summed E-state index contributed by atoms with van der Waals surface area (Å²) < 4.78 is 5.35. The van der Waals surface area contributed by atoms with E-state index >= 15 is 0 Å². The molecule has 3 fully saturated rings. The fourth-order valence-corrected chi connectivity index (χ4v) is 4.69. The second-order valence-electron chi connectivity index (χ2n) is 7.11. The summed E-state index contributed by atoms with van der Waals surface area (Å²) in [6.07, 6.45) is 3.65. The van der Waals surface area contributed by atoms with E-state index in [1.807, 2.05) is 18.2 Å². The summed E-state index contributed by atoms with van der Waals surface area (Å²) in [5, 5.41) is 12.5. The zero-order valence-electron chi connectivity index (χ0n) is 14.9. The minimum Gasteiger partial charge on any atom is -0.497 e. The van der Waals surface area contributed by atoms with Gasteiger partial charge in [0, 0.05) is 18.0 Å². The molecule has 0 aliphatic carbocycles. The Kier molecular flexibility index (Phi) is 5.53. The van der Waals surface area contributed by atoms with Crippen LogP contribution in [-0.4, -0.2) is 46.7 Å². The van der Waals surface area contributed by atoms with Crippen LogP contribution in [0.2, 0.25) is 5.15 Å². The number of halogens is 1. The van der Waals surface area contributed by atoms with Gasteiger partial charge >= 0.3 is 0 Å². The first-order valence-electron chi connectivity index (χ1n) is 8.79. The van der Waals surface area contributed by atoms with E-state index in [1.165, 1.54) is 6.42 Å². The van der Waals surface area contributed by atoms with Gasteiger partial charge in [-0.25, -0.2) is 4.98 Å². The van der Waals surface area contributed by atoms with Crippen LogP contribution in [0, 0.1) is 11.8 Å². The average molecular weight is 377 g/mol. The van der Waals surface area contributed by atoms with E-state index in [4.69, 9.17) is 16.3 Å². The van der Waals surface area contributed by atoms with E-state index in [2.05, 4.69) is 22.5 Å². The van der Waals surface area contributed by atoms with Crippen LogP contribution in [0.3, 0.4) is 0 Å². The number of nitrogens with zero attached hydrogens (tertiary/aromatic N) is 2. The molecule has 0 amide bonds. The molecule has 2 unspecified atom stereocenters. The lowest BCUT2D eigenvalue weighted by atomic mass is 9.73. The predicted octanol–water partition coefficient (Wildman–Crippen LogP) is 3.00. The highest BCUT2D eigenvalue weighted by Crippen LogP contribution is 2.42. The van der Waals surface area contributed by atoms with Gasteiger partial charge in [-0.05, 0) is 61.1 Å². The van der Waals surface area contributed by atoms with E-state index in [0.717, 1.165) is 41.7 Å². The minimum absolute atomic E-state index is 0. The SMILES string of the molecule is C=C[C@H]1CN2CCC1C[C@H]2[C@H](O)c1cc(Cl)nc2ccc(OC)cc12.O. The van der Waals surface area contributed by atoms with Crippen molar-refractivity contribution in [2.24, 2.45) is 11.8 Å². The molecule has 4 heterocycles. The third kappa shape index (κ3) is 3.21. The molecule has 0 radical (unpaired) electrons. The van der Waals surface area contributed by atoms with Crippen molar-refractivity contribution in [3.63, 3.8) is 0 Å². The maximum Gasteiger partial charge on any atom is 0.130 e. The molecule has 3 aliphatic rings. The number of aromatic nitrogens is 1. The highest BCUT2D eigenvalue weighted by molar-refractivity contribution is 6.30. The fraction of sp³-hybridized carbons (Fsp3) is 0.450. The lowest BCUT2D eigenvalue weighted by molar-refractivity contribution is -0.0444. The van der Waals surface area contributed by atoms with E-state index in [0.29, 0.717) is 17.0 Å². The molecule has 2 bridgehead atoms. The molecule has 26 heavy (non-hydrogen) atoms. The first kappa shape index (κ1) is 19.1. The van der Waals surface area contributed by atoms with Crippen LogP contribution in [0.15, 0.2) is 36.9 Å². The zero-order chi connectivity index (χ0) is 17.6. The maximum atomic E-state index is 11.2. The summed E-state index contributed by atoms with van der Waals surface area (Å²) >= 11 is 6.22. The Bertz CT molecular complexity index is 813. The van der Waals surface area contributed by atoms with Gasteiger partial charge in [0.15, 0.2) is 0 Å². The maximum absolute atomic E-state index is 11.2. The Morgan fingerprint density at radius 3 is 2.88 bits per heavy atom. The lowest BCUT2D eigenvalue weighted by Crippen LogP contribution is -2.54. The highest BCUT2D eigenvalue weighted by atomic mass is 35.5. The Balaban J connectivity index is 0.00000196. The molecule has 1 aromatic heterocycles. The van der Waals surface area contributed by atoms with Gasteiger partial charge in [-0.2, -0.15) is 0 Å². The van der Waals surface area contributed by atoms with Gasteiger partial charge in [0.2, 0.25) is 0 Å². The minimum atomic E-state index is -0.594. The molecule has 5 atom stereocenters. The van der Waals surface area contributed by atoms with E-state index in [1.54, 1.807) is 13.2 Å². The largest absolute Gasteiger partial charge is 0.497 e. The van der Waals surface area contributed by atoms with Crippen LogP contribution in [0.25, 0.3) is 10.9 Å². The first-order valence-corrected chi connectivity index (χ1v) is 9.17. The Morgan fingerprint density at radius 1 is 1.42 bits per heavy atom. The number of benzene rings is 1. The number of piperidine rings is 3. The highest BCUT2D eigenvalue weighted by Gasteiger charge is 2.42. The number of rotatable bonds is 4. The molecule has 3 aliphatic heterocycles. The molecule has 140 valence electrons. The van der Waals surface area contributed by atoms with Gasteiger partial charge in [0.1, 0.15) is 10.9 Å². The van der Waals surface area contributed by atoms with E-state index in [9.17, 15) is 5.11 Å². The second-order valence-corrected chi connectivity index (χ2v) is 7.50. The predicted molar refractivity (Wildman–Crippen MR) is 104 cm³/mol. The van der Waals surface area contributed by atoms with Gasteiger partial charge in [0.25, 0.3) is 0 Å². The molecule has 6 heteroatoms. The third-order valence-electron chi connectivity index (χ3n) is 5.85. The zero-order valence-corrected chi connectivity index (χ0v) is 15.6. The number of pyridine rings is 1. The summed E-state index contributed by atoms with van der Waals surface area (Å²) in [5.74, 6) is 1.90. The molecule has 3 N–H and O–H groups in total. The van der Waals surface area contributed by atoms with Crippen molar-refractivity contribution in [3.05, 3.63) is 47.6 Å². The molecule has 1 aromatic carbocycles. The first-order chi connectivity index (χ1) is 12.1. The van der Waals surface area contributed by atoms with Gasteiger partial charge in [0.05, 0.1) is 18.7 Å². The van der Waals surface area contributed by atoms with Crippen LogP contribution in [-0.2, 0) is 0 Å². The molecule has 5 rings (SSSR count). The third-order valence-corrected chi connectivity index (χ3v) is 6.05. The van der Waals surface area contributed by atoms with Crippen molar-refractivity contribution in [2.45, 2.75) is 25.0 Å². The van der Waals surface area contributed by atoms with Crippen LogP contribution in [0.4, 0.5) is 0 Å². The average Bonchev–Trinajstić information content (AvgIpc) is 2.66. The summed E-state index contributed by atoms with van der Waals surface area (Å²) in [5.41, 5.74) is 1.61. The number of fused-ring (bicyclic) bond motifs is 4. The standard InChI is InChI=1S/C20H23ClN2O2.H2O/c1-3-12-11-23-7-6-13(12)8-18(23)20(24)16-10-19(21)22-17-5-4-14(25-2)9-15(16)17;/h3-5,9-10,12-13,18,20,24H,1,6-8,11H2,2H3;1H2/t12-,13?,18-,20+;/m0./s1. The van der Waals surface area contributed by atoms with Crippen molar-refractivity contribution in [2.75, 3.05) is 20.2 Å². The number of ether oxygens (including phenoxy) is 1. The van der Waals surface area contributed by atoms with Gasteiger partial charge < -0.3 is 15.3 Å². The molecule has 0 spiro atoms. The second kappa shape index (κ2) is 7.53. The van der Waals surface area contributed by atoms with Crippen LogP contribution in [0.5, 0.6) is 5.75 Å². The molecule has 2 aromatic rings. The molecule has 5 nitrogen and oxygen atoms in total. The van der Waals surface area contributed by atoms with E-state index in [-0.39, 0.29) is 11.5 Å². The van der Waals surface area contributed by atoms with Gasteiger partial charge in [-0.3, -0.25) is 4.90 Å². The quantitative estimate of drug-likeness (QED) is 0.657. The molecule has 0 saturated carbocycles. The Labute approximate surface area is 158 Å². The van der Waals surface area contributed by atoms with Crippen molar-refractivity contribution in [1.82, 2.24) is 9.88 Å². The van der Waals surface area contributed by atoms with E-state index < -0.39 is 6.10 Å². The number of methoxy groups -OCH3 is 1. The number of hydrogen-bond acceptors (Lipinski definition) is 4. The summed E-state index contributed by atoms with van der Waals surface area (Å²) in [4.78, 5) is 6.78. The van der Waals surface area contributed by atoms with Crippen molar-refractivity contribution >= 4 is 22.5 Å². The summed E-state index contributed by atoms with van der Waals surface area (Å²) in [7, 11) is 1.64. The van der Waals surface area contributed by atoms with Gasteiger partial charge in [-0.15, -0.1) is 6.58 Å². The van der Waals surface area contributed by atoms with Crippen LogP contribution in [0.1, 0.15) is 24.5 Å². The monoisotopic (exact) mass is 376 g/mol. The molecular weight excluding hydrogens is 352 g/mol. The topological polar surface area (TPSA) is 77.1 Å². The number of hydrogen-bond donors (Lipinski definition) is 1. The molecule has 3 saturated heterocycles. The molecular formula is C20H25ClN2O3. The van der Waals surface area contributed by atoms with Crippen LogP contribution < -0.4 is 4.74 Å². The fourth-order valence-electron chi connectivity index (χ4n) is 4.48. The number of aliphatic hydroxyl groups excluding tert-OH is 1. The smallest absolute Gasteiger partial charge is 0.130 e. The normalized spacial score (nSPS) is 28.4. The van der Waals surface area contributed by atoms with Crippen LogP contribution >= 0.6 is 11.6 Å².